The maximum absolute atomic E-state index is 12.6. The van der Waals surface area contributed by atoms with Crippen LogP contribution in [0.5, 0.6) is 0 Å². The predicted molar refractivity (Wildman–Crippen MR) is 118 cm³/mol. The fraction of sp³-hybridized carbons (Fsp3) is 0.417. The van der Waals surface area contributed by atoms with Gasteiger partial charge in [-0.1, -0.05) is 50.2 Å². The molecule has 1 saturated heterocycles. The SMILES string of the molecule is Cc1cccc(C(C)C)c1NC(=O)CN1CCC(C(=O)Nc2ccccc2)CC1. The first kappa shape index (κ1) is 21.1. The van der Waals surface area contributed by atoms with E-state index in [4.69, 9.17) is 0 Å². The van der Waals surface area contributed by atoms with Gasteiger partial charge in [-0.15, -0.1) is 0 Å². The van der Waals surface area contributed by atoms with Gasteiger partial charge in [0.1, 0.15) is 0 Å². The van der Waals surface area contributed by atoms with E-state index >= 15 is 0 Å². The third-order valence-electron chi connectivity index (χ3n) is 5.56. The lowest BCUT2D eigenvalue weighted by molar-refractivity contribution is -0.121. The molecule has 2 amide bonds. The van der Waals surface area contributed by atoms with Crippen molar-refractivity contribution in [3.63, 3.8) is 0 Å². The number of carbonyl (C=O) groups excluding carboxylic acids is 2. The van der Waals surface area contributed by atoms with Gasteiger partial charge in [0, 0.05) is 17.3 Å². The number of nitrogens with zero attached hydrogens (tertiary/aromatic N) is 1. The van der Waals surface area contributed by atoms with E-state index in [0.717, 1.165) is 48.4 Å². The summed E-state index contributed by atoms with van der Waals surface area (Å²) in [4.78, 5) is 27.2. The topological polar surface area (TPSA) is 61.4 Å². The summed E-state index contributed by atoms with van der Waals surface area (Å²) >= 11 is 0. The van der Waals surface area contributed by atoms with Gasteiger partial charge in [0.25, 0.3) is 0 Å². The normalized spacial score (nSPS) is 15.3. The molecule has 1 aliphatic rings. The summed E-state index contributed by atoms with van der Waals surface area (Å²) in [6.45, 7) is 8.17. The first-order chi connectivity index (χ1) is 13.9. The van der Waals surface area contributed by atoms with Crippen molar-refractivity contribution in [3.05, 3.63) is 59.7 Å². The highest BCUT2D eigenvalue weighted by Crippen LogP contribution is 2.27. The van der Waals surface area contributed by atoms with E-state index in [1.165, 1.54) is 0 Å². The van der Waals surface area contributed by atoms with Crippen molar-refractivity contribution >= 4 is 23.2 Å². The zero-order chi connectivity index (χ0) is 20.8. The van der Waals surface area contributed by atoms with Crippen molar-refractivity contribution in [2.75, 3.05) is 30.3 Å². The Morgan fingerprint density at radius 3 is 2.34 bits per heavy atom. The fourth-order valence-corrected chi connectivity index (χ4v) is 3.84. The number of amides is 2. The number of hydrogen-bond acceptors (Lipinski definition) is 3. The van der Waals surface area contributed by atoms with E-state index < -0.39 is 0 Å². The number of anilines is 2. The maximum Gasteiger partial charge on any atom is 0.238 e. The molecule has 0 aromatic heterocycles. The quantitative estimate of drug-likeness (QED) is 0.764. The standard InChI is InChI=1S/C24H31N3O2/c1-17(2)21-11-7-8-18(3)23(21)26-22(28)16-27-14-12-19(13-15-27)24(29)25-20-9-5-4-6-10-20/h4-11,17,19H,12-16H2,1-3H3,(H,25,29)(H,26,28). The van der Waals surface area contributed by atoms with Crippen LogP contribution in [0.3, 0.4) is 0 Å². The van der Waals surface area contributed by atoms with Crippen LogP contribution in [0, 0.1) is 12.8 Å². The Morgan fingerprint density at radius 2 is 1.69 bits per heavy atom. The molecular formula is C24H31N3O2. The Kier molecular flexibility index (Phi) is 7.04. The highest BCUT2D eigenvalue weighted by molar-refractivity contribution is 5.94. The second-order valence-corrected chi connectivity index (χ2v) is 8.15. The van der Waals surface area contributed by atoms with E-state index in [0.29, 0.717) is 12.5 Å². The smallest absolute Gasteiger partial charge is 0.238 e. The summed E-state index contributed by atoms with van der Waals surface area (Å²) in [7, 11) is 0. The van der Waals surface area contributed by atoms with Crippen LogP contribution < -0.4 is 10.6 Å². The highest BCUT2D eigenvalue weighted by atomic mass is 16.2. The zero-order valence-corrected chi connectivity index (χ0v) is 17.6. The van der Waals surface area contributed by atoms with Gasteiger partial charge in [-0.05, 0) is 62.0 Å². The maximum atomic E-state index is 12.6. The molecule has 2 aromatic rings. The van der Waals surface area contributed by atoms with E-state index in [1.807, 2.05) is 49.4 Å². The van der Waals surface area contributed by atoms with Gasteiger partial charge >= 0.3 is 0 Å². The summed E-state index contributed by atoms with van der Waals surface area (Å²) in [5, 5.41) is 6.10. The van der Waals surface area contributed by atoms with Crippen LogP contribution in [0.4, 0.5) is 11.4 Å². The first-order valence-corrected chi connectivity index (χ1v) is 10.4. The Balaban J connectivity index is 1.50. The third kappa shape index (κ3) is 5.67. The minimum atomic E-state index is -0.00145. The molecule has 0 radical (unpaired) electrons. The van der Waals surface area contributed by atoms with Crippen molar-refractivity contribution in [1.82, 2.24) is 4.90 Å². The third-order valence-corrected chi connectivity index (χ3v) is 5.56. The van der Waals surface area contributed by atoms with Crippen LogP contribution in [0.25, 0.3) is 0 Å². The van der Waals surface area contributed by atoms with Crippen molar-refractivity contribution in [2.24, 2.45) is 5.92 Å². The summed E-state index contributed by atoms with van der Waals surface area (Å²) in [5.41, 5.74) is 4.01. The van der Waals surface area contributed by atoms with Gasteiger partial charge in [0.15, 0.2) is 0 Å². The number of benzene rings is 2. The lowest BCUT2D eigenvalue weighted by Crippen LogP contribution is -2.41. The van der Waals surface area contributed by atoms with Gasteiger partial charge < -0.3 is 10.6 Å². The number of likely N-dealkylation sites (tertiary alicyclic amines) is 1. The molecule has 0 bridgehead atoms. The largest absolute Gasteiger partial charge is 0.326 e. The summed E-state index contributed by atoms with van der Waals surface area (Å²) in [6, 6.07) is 15.7. The number of carbonyl (C=O) groups is 2. The lowest BCUT2D eigenvalue weighted by atomic mass is 9.95. The molecule has 3 rings (SSSR count). The Hall–Kier alpha value is -2.66. The average molecular weight is 394 g/mol. The van der Waals surface area contributed by atoms with Gasteiger partial charge in [0.2, 0.25) is 11.8 Å². The van der Waals surface area contributed by atoms with Crippen molar-refractivity contribution in [3.8, 4) is 0 Å². The molecule has 0 aliphatic carbocycles. The number of nitrogens with one attached hydrogen (secondary N) is 2. The molecule has 29 heavy (non-hydrogen) atoms. The number of piperidine rings is 1. The molecule has 2 N–H and O–H groups in total. The Morgan fingerprint density at radius 1 is 1.00 bits per heavy atom. The highest BCUT2D eigenvalue weighted by Gasteiger charge is 2.26. The van der Waals surface area contributed by atoms with Crippen LogP contribution in [-0.4, -0.2) is 36.3 Å². The van der Waals surface area contributed by atoms with E-state index in [2.05, 4.69) is 35.4 Å². The number of aryl methyl sites for hydroxylation is 1. The molecule has 1 heterocycles. The second kappa shape index (κ2) is 9.70. The molecule has 1 fully saturated rings. The average Bonchev–Trinajstić information content (AvgIpc) is 2.70. The molecule has 0 saturated carbocycles. The van der Waals surface area contributed by atoms with Crippen LogP contribution in [0.2, 0.25) is 0 Å². The van der Waals surface area contributed by atoms with Gasteiger partial charge in [-0.25, -0.2) is 0 Å². The molecule has 0 atom stereocenters. The van der Waals surface area contributed by atoms with Crippen LogP contribution in [-0.2, 0) is 9.59 Å². The summed E-state index contributed by atoms with van der Waals surface area (Å²) in [6.07, 6.45) is 1.54. The van der Waals surface area contributed by atoms with Crippen LogP contribution in [0.1, 0.15) is 43.7 Å². The molecule has 2 aromatic carbocycles. The number of hydrogen-bond donors (Lipinski definition) is 2. The molecule has 0 unspecified atom stereocenters. The monoisotopic (exact) mass is 393 g/mol. The minimum absolute atomic E-state index is 0.00145. The second-order valence-electron chi connectivity index (χ2n) is 8.15. The van der Waals surface area contributed by atoms with Crippen molar-refractivity contribution in [2.45, 2.75) is 39.5 Å². The van der Waals surface area contributed by atoms with Gasteiger partial charge in [-0.3, -0.25) is 14.5 Å². The minimum Gasteiger partial charge on any atom is -0.326 e. The Labute approximate surface area is 173 Å². The van der Waals surface area contributed by atoms with Crippen molar-refractivity contribution in [1.29, 1.82) is 0 Å². The van der Waals surface area contributed by atoms with E-state index in [1.54, 1.807) is 0 Å². The molecular weight excluding hydrogens is 362 g/mol. The molecule has 5 heteroatoms. The molecule has 154 valence electrons. The summed E-state index contributed by atoms with van der Waals surface area (Å²) in [5.74, 6) is 0.428. The molecule has 0 spiro atoms. The van der Waals surface area contributed by atoms with Gasteiger partial charge in [-0.2, -0.15) is 0 Å². The number of rotatable bonds is 6. The van der Waals surface area contributed by atoms with E-state index in [-0.39, 0.29) is 17.7 Å². The summed E-state index contributed by atoms with van der Waals surface area (Å²) < 4.78 is 0. The lowest BCUT2D eigenvalue weighted by Gasteiger charge is -2.31. The zero-order valence-electron chi connectivity index (χ0n) is 17.6. The van der Waals surface area contributed by atoms with E-state index in [9.17, 15) is 9.59 Å². The predicted octanol–water partition coefficient (Wildman–Crippen LogP) is 4.41. The Bertz CT molecular complexity index is 840. The van der Waals surface area contributed by atoms with Crippen molar-refractivity contribution < 1.29 is 9.59 Å². The van der Waals surface area contributed by atoms with Crippen LogP contribution >= 0.6 is 0 Å². The molecule has 1 aliphatic heterocycles. The van der Waals surface area contributed by atoms with Crippen LogP contribution in [0.15, 0.2) is 48.5 Å². The first-order valence-electron chi connectivity index (χ1n) is 10.4. The fourth-order valence-electron chi connectivity index (χ4n) is 3.84. The van der Waals surface area contributed by atoms with Gasteiger partial charge in [0.05, 0.1) is 6.54 Å². The number of para-hydroxylation sites is 2. The molecule has 5 nitrogen and oxygen atoms in total.